The number of ether oxygens (including phenoxy) is 1. The summed E-state index contributed by atoms with van der Waals surface area (Å²) in [5, 5.41) is 0. The van der Waals surface area contributed by atoms with Crippen LogP contribution >= 0.6 is 0 Å². The summed E-state index contributed by atoms with van der Waals surface area (Å²) in [6.07, 6.45) is 0.741. The Labute approximate surface area is 128 Å². The molecule has 120 valence electrons. The second-order valence-electron chi connectivity index (χ2n) is 5.38. The summed E-state index contributed by atoms with van der Waals surface area (Å²) in [5.41, 5.74) is 0.791. The maximum absolute atomic E-state index is 13.4. The fourth-order valence-corrected chi connectivity index (χ4v) is 2.45. The smallest absolute Gasteiger partial charge is 0.320 e. The Kier molecular flexibility index (Phi) is 5.11. The Bertz CT molecular complexity index is 655. The number of para-hydroxylation sites is 2. The number of carbonyl (C=O) groups is 1. The molecule has 2 unspecified atom stereocenters. The molecule has 0 amide bonds. The van der Waals surface area contributed by atoms with Crippen LogP contribution in [0.2, 0.25) is 0 Å². The molecule has 0 N–H and O–H groups in total. The van der Waals surface area contributed by atoms with Gasteiger partial charge >= 0.3 is 12.5 Å². The number of hydrogen-bond donors (Lipinski definition) is 0. The number of esters is 1. The minimum atomic E-state index is -2.74. The lowest BCUT2D eigenvalue weighted by atomic mass is 10.1. The summed E-state index contributed by atoms with van der Waals surface area (Å²) in [5.74, 6) is -0.577. The second kappa shape index (κ2) is 6.85. The van der Waals surface area contributed by atoms with Gasteiger partial charge in [0.2, 0.25) is 0 Å². The SMILES string of the molecule is CCCC(C)C(=O)OC(C)c1nc2ccccc2n1C(F)F. The Morgan fingerprint density at radius 2 is 2.00 bits per heavy atom. The molecule has 0 saturated heterocycles. The zero-order valence-corrected chi connectivity index (χ0v) is 12.9. The molecule has 4 nitrogen and oxygen atoms in total. The second-order valence-corrected chi connectivity index (χ2v) is 5.38. The number of halogens is 2. The zero-order valence-electron chi connectivity index (χ0n) is 12.9. The van der Waals surface area contributed by atoms with E-state index in [0.717, 1.165) is 11.0 Å². The quantitative estimate of drug-likeness (QED) is 0.739. The normalized spacial score (nSPS) is 14.3. The number of carbonyl (C=O) groups excluding carboxylic acids is 1. The van der Waals surface area contributed by atoms with Gasteiger partial charge in [-0.25, -0.2) is 4.98 Å². The van der Waals surface area contributed by atoms with Crippen LogP contribution in [0.15, 0.2) is 24.3 Å². The fourth-order valence-electron chi connectivity index (χ4n) is 2.45. The molecule has 0 bridgehead atoms. The van der Waals surface area contributed by atoms with Crippen LogP contribution in [-0.2, 0) is 9.53 Å². The first-order valence-corrected chi connectivity index (χ1v) is 7.41. The molecule has 2 atom stereocenters. The summed E-state index contributed by atoms with van der Waals surface area (Å²) in [6.45, 7) is 2.57. The minimum Gasteiger partial charge on any atom is -0.454 e. The summed E-state index contributed by atoms with van der Waals surface area (Å²) in [7, 11) is 0. The van der Waals surface area contributed by atoms with E-state index in [2.05, 4.69) is 4.98 Å². The van der Waals surface area contributed by atoms with E-state index in [1.165, 1.54) is 0 Å². The van der Waals surface area contributed by atoms with E-state index in [9.17, 15) is 13.6 Å². The maximum Gasteiger partial charge on any atom is 0.320 e. The van der Waals surface area contributed by atoms with Gasteiger partial charge < -0.3 is 4.74 Å². The molecule has 1 aromatic heterocycles. The maximum atomic E-state index is 13.4. The number of fused-ring (bicyclic) bond motifs is 1. The van der Waals surface area contributed by atoms with E-state index in [4.69, 9.17) is 4.74 Å². The molecule has 22 heavy (non-hydrogen) atoms. The van der Waals surface area contributed by atoms with Crippen molar-refractivity contribution in [1.82, 2.24) is 9.55 Å². The summed E-state index contributed by atoms with van der Waals surface area (Å²) < 4.78 is 32.8. The van der Waals surface area contributed by atoms with Gasteiger partial charge in [0.1, 0.15) is 0 Å². The standard InChI is InChI=1S/C16H20F2N2O2/c1-4-7-10(2)15(21)22-11(3)14-19-12-8-5-6-9-13(12)20(14)16(17)18/h5-6,8-11,16H,4,7H2,1-3H3. The lowest BCUT2D eigenvalue weighted by molar-refractivity contribution is -0.154. The number of aromatic nitrogens is 2. The van der Waals surface area contributed by atoms with Gasteiger partial charge in [0, 0.05) is 0 Å². The van der Waals surface area contributed by atoms with Crippen molar-refractivity contribution in [2.75, 3.05) is 0 Å². The van der Waals surface area contributed by atoms with E-state index in [0.29, 0.717) is 17.5 Å². The Balaban J connectivity index is 2.29. The topological polar surface area (TPSA) is 44.1 Å². The molecule has 0 fully saturated rings. The van der Waals surface area contributed by atoms with E-state index < -0.39 is 12.7 Å². The number of benzene rings is 1. The van der Waals surface area contributed by atoms with Crippen LogP contribution in [0.1, 0.15) is 52.1 Å². The predicted molar refractivity (Wildman–Crippen MR) is 79.6 cm³/mol. The molecule has 2 rings (SSSR count). The number of nitrogens with zero attached hydrogens (tertiary/aromatic N) is 2. The summed E-state index contributed by atoms with van der Waals surface area (Å²) >= 11 is 0. The molecule has 0 saturated carbocycles. The molecule has 0 aliphatic rings. The van der Waals surface area contributed by atoms with Crippen molar-refractivity contribution >= 4 is 17.0 Å². The molecule has 2 aromatic rings. The van der Waals surface area contributed by atoms with Crippen LogP contribution in [0, 0.1) is 5.92 Å². The highest BCUT2D eigenvalue weighted by atomic mass is 19.3. The molecule has 0 aliphatic carbocycles. The average Bonchev–Trinajstić information content (AvgIpc) is 2.87. The summed E-state index contributed by atoms with van der Waals surface area (Å²) in [6, 6.07) is 6.64. The highest BCUT2D eigenvalue weighted by Crippen LogP contribution is 2.28. The minimum absolute atomic E-state index is 0.0632. The van der Waals surface area contributed by atoms with Crippen LogP contribution in [0.5, 0.6) is 0 Å². The van der Waals surface area contributed by atoms with Crippen molar-refractivity contribution in [3.05, 3.63) is 30.1 Å². The van der Waals surface area contributed by atoms with E-state index in [-0.39, 0.29) is 17.7 Å². The molecule has 0 aliphatic heterocycles. The molecule has 1 aromatic carbocycles. The first-order chi connectivity index (χ1) is 10.5. The fraction of sp³-hybridized carbons (Fsp3) is 0.500. The Morgan fingerprint density at radius 3 is 2.64 bits per heavy atom. The molecular weight excluding hydrogens is 290 g/mol. The molecule has 0 radical (unpaired) electrons. The van der Waals surface area contributed by atoms with Gasteiger partial charge in [-0.3, -0.25) is 9.36 Å². The van der Waals surface area contributed by atoms with Gasteiger partial charge in [0.15, 0.2) is 11.9 Å². The van der Waals surface area contributed by atoms with Gasteiger partial charge in [-0.1, -0.05) is 32.4 Å². The third kappa shape index (κ3) is 3.26. The van der Waals surface area contributed by atoms with Gasteiger partial charge in [-0.15, -0.1) is 0 Å². The highest BCUT2D eigenvalue weighted by molar-refractivity contribution is 5.76. The van der Waals surface area contributed by atoms with E-state index in [1.54, 1.807) is 38.1 Å². The summed E-state index contributed by atoms with van der Waals surface area (Å²) in [4.78, 5) is 16.2. The first-order valence-electron chi connectivity index (χ1n) is 7.41. The van der Waals surface area contributed by atoms with E-state index >= 15 is 0 Å². The largest absolute Gasteiger partial charge is 0.454 e. The molecular formula is C16H20F2N2O2. The Hall–Kier alpha value is -1.98. The van der Waals surface area contributed by atoms with Crippen molar-refractivity contribution in [1.29, 1.82) is 0 Å². The number of rotatable bonds is 6. The lowest BCUT2D eigenvalue weighted by Crippen LogP contribution is -2.19. The monoisotopic (exact) mass is 310 g/mol. The number of hydrogen-bond acceptors (Lipinski definition) is 3. The van der Waals surface area contributed by atoms with Gasteiger partial charge in [0.05, 0.1) is 17.0 Å². The highest BCUT2D eigenvalue weighted by Gasteiger charge is 2.25. The molecule has 1 heterocycles. The van der Waals surface area contributed by atoms with Gasteiger partial charge in [-0.2, -0.15) is 8.78 Å². The van der Waals surface area contributed by atoms with Crippen LogP contribution in [0.25, 0.3) is 11.0 Å². The van der Waals surface area contributed by atoms with Crippen molar-refractivity contribution < 1.29 is 18.3 Å². The van der Waals surface area contributed by atoms with Crippen molar-refractivity contribution in [2.24, 2.45) is 5.92 Å². The van der Waals surface area contributed by atoms with Crippen LogP contribution in [0.3, 0.4) is 0 Å². The van der Waals surface area contributed by atoms with E-state index in [1.807, 2.05) is 6.92 Å². The van der Waals surface area contributed by atoms with Crippen molar-refractivity contribution in [2.45, 2.75) is 46.3 Å². The average molecular weight is 310 g/mol. The van der Waals surface area contributed by atoms with Crippen LogP contribution in [-0.4, -0.2) is 15.5 Å². The molecule has 0 spiro atoms. The lowest BCUT2D eigenvalue weighted by Gasteiger charge is -2.17. The molecule has 6 heteroatoms. The number of imidazole rings is 1. The van der Waals surface area contributed by atoms with Gasteiger partial charge in [0.25, 0.3) is 0 Å². The third-order valence-electron chi connectivity index (χ3n) is 3.60. The zero-order chi connectivity index (χ0) is 16.3. The van der Waals surface area contributed by atoms with Crippen molar-refractivity contribution in [3.8, 4) is 0 Å². The Morgan fingerprint density at radius 1 is 1.32 bits per heavy atom. The van der Waals surface area contributed by atoms with Gasteiger partial charge in [-0.05, 0) is 25.5 Å². The van der Waals surface area contributed by atoms with Crippen LogP contribution in [0.4, 0.5) is 8.78 Å². The predicted octanol–water partition coefficient (Wildman–Crippen LogP) is 4.47. The van der Waals surface area contributed by atoms with Crippen LogP contribution < -0.4 is 0 Å². The first kappa shape index (κ1) is 16.4. The van der Waals surface area contributed by atoms with Crippen molar-refractivity contribution in [3.63, 3.8) is 0 Å². The number of alkyl halides is 2. The third-order valence-corrected chi connectivity index (χ3v) is 3.60.